The first-order chi connectivity index (χ1) is 15.1. The number of fused-ring (bicyclic) bond motifs is 3. The van der Waals surface area contributed by atoms with E-state index in [-0.39, 0.29) is 17.8 Å². The van der Waals surface area contributed by atoms with E-state index in [1.165, 1.54) is 0 Å². The summed E-state index contributed by atoms with van der Waals surface area (Å²) in [5, 5.41) is 0.670. The van der Waals surface area contributed by atoms with Gasteiger partial charge in [0, 0.05) is 40.0 Å². The van der Waals surface area contributed by atoms with Crippen molar-refractivity contribution >= 4 is 17.6 Å². The summed E-state index contributed by atoms with van der Waals surface area (Å²) >= 11 is 6.44. The van der Waals surface area contributed by atoms with Gasteiger partial charge in [-0.2, -0.15) is 0 Å². The first-order valence-electron chi connectivity index (χ1n) is 10.4. The number of ether oxygens (including phenoxy) is 3. The Morgan fingerprint density at radius 1 is 1.10 bits per heavy atom. The minimum absolute atomic E-state index is 0.0267. The van der Waals surface area contributed by atoms with Crippen molar-refractivity contribution in [1.82, 2.24) is 4.57 Å². The lowest BCUT2D eigenvalue weighted by molar-refractivity contribution is -0.143. The van der Waals surface area contributed by atoms with Crippen LogP contribution in [0.15, 0.2) is 54.7 Å². The largest absolute Gasteiger partial charge is 0.493 e. The third kappa shape index (κ3) is 4.02. The third-order valence-corrected chi connectivity index (χ3v) is 6.11. The van der Waals surface area contributed by atoms with Crippen LogP contribution in [0, 0.1) is 0 Å². The number of hydrogen-bond donors (Lipinski definition) is 0. The summed E-state index contributed by atoms with van der Waals surface area (Å²) in [5.41, 5.74) is 4.22. The van der Waals surface area contributed by atoms with Crippen LogP contribution in [-0.2, 0) is 9.53 Å². The number of esters is 1. The van der Waals surface area contributed by atoms with E-state index in [0.717, 1.165) is 22.5 Å². The molecule has 2 unspecified atom stereocenters. The molecule has 0 spiro atoms. The molecule has 0 saturated carbocycles. The summed E-state index contributed by atoms with van der Waals surface area (Å²) in [5.74, 6) is 1.11. The van der Waals surface area contributed by atoms with E-state index in [4.69, 9.17) is 25.8 Å². The number of nitrogens with zero attached hydrogens (tertiary/aromatic N) is 1. The third-order valence-electron chi connectivity index (χ3n) is 5.87. The van der Waals surface area contributed by atoms with Crippen LogP contribution in [0.4, 0.5) is 0 Å². The number of carbonyl (C=O) groups excluding carboxylic acids is 1. The molecule has 1 aromatic heterocycles. The van der Waals surface area contributed by atoms with Crippen molar-refractivity contribution in [3.8, 4) is 17.2 Å². The molecule has 162 valence electrons. The van der Waals surface area contributed by atoms with Crippen molar-refractivity contribution in [2.45, 2.75) is 31.6 Å². The van der Waals surface area contributed by atoms with Gasteiger partial charge >= 0.3 is 5.97 Å². The Kier molecular flexibility index (Phi) is 6.23. The maximum Gasteiger partial charge on any atom is 0.306 e. The van der Waals surface area contributed by atoms with E-state index in [0.29, 0.717) is 36.0 Å². The molecule has 31 heavy (non-hydrogen) atoms. The topological polar surface area (TPSA) is 49.7 Å². The zero-order valence-electron chi connectivity index (χ0n) is 17.9. The van der Waals surface area contributed by atoms with Crippen molar-refractivity contribution in [2.24, 2.45) is 0 Å². The number of hydrogen-bond acceptors (Lipinski definition) is 4. The van der Waals surface area contributed by atoms with Gasteiger partial charge in [0.25, 0.3) is 0 Å². The number of methoxy groups -OCH3 is 2. The second-order valence-corrected chi connectivity index (χ2v) is 8.02. The maximum absolute atomic E-state index is 12.5. The summed E-state index contributed by atoms with van der Waals surface area (Å²) in [6.45, 7) is 2.20. The van der Waals surface area contributed by atoms with E-state index >= 15 is 0 Å². The standard InChI is InChI=1S/C25H26ClNO4/c1-4-31-24(28)14-16-13-19(18-7-5-9-23(29-2)25(18)30-3)20-15-17(26)10-11-22(20)27-12-6-8-21(16)27/h5-12,15-16,19H,4,13-14H2,1-3H3. The number of aromatic nitrogens is 1. The highest BCUT2D eigenvalue weighted by Crippen LogP contribution is 2.48. The van der Waals surface area contributed by atoms with Gasteiger partial charge in [0.15, 0.2) is 11.5 Å². The molecule has 4 rings (SSSR count). The van der Waals surface area contributed by atoms with Crippen LogP contribution in [0.25, 0.3) is 5.69 Å². The van der Waals surface area contributed by atoms with Crippen LogP contribution in [0.2, 0.25) is 5.02 Å². The highest BCUT2D eigenvalue weighted by molar-refractivity contribution is 6.30. The minimum Gasteiger partial charge on any atom is -0.493 e. The fraction of sp³-hybridized carbons (Fsp3) is 0.320. The van der Waals surface area contributed by atoms with E-state index in [1.807, 2.05) is 49.5 Å². The Morgan fingerprint density at radius 3 is 2.68 bits per heavy atom. The summed E-state index contributed by atoms with van der Waals surface area (Å²) in [7, 11) is 3.28. The van der Waals surface area contributed by atoms with Crippen molar-refractivity contribution in [3.63, 3.8) is 0 Å². The smallest absolute Gasteiger partial charge is 0.306 e. The lowest BCUT2D eigenvalue weighted by Crippen LogP contribution is -2.14. The quantitative estimate of drug-likeness (QED) is 0.461. The Labute approximate surface area is 187 Å². The van der Waals surface area contributed by atoms with E-state index in [1.54, 1.807) is 14.2 Å². The second-order valence-electron chi connectivity index (χ2n) is 7.58. The van der Waals surface area contributed by atoms with E-state index < -0.39 is 0 Å². The first kappa shape index (κ1) is 21.3. The van der Waals surface area contributed by atoms with Gasteiger partial charge in [-0.25, -0.2) is 0 Å². The van der Waals surface area contributed by atoms with Crippen LogP contribution in [-0.4, -0.2) is 31.4 Å². The molecule has 0 fully saturated rings. The second kappa shape index (κ2) is 9.06. The van der Waals surface area contributed by atoms with Gasteiger partial charge in [-0.05, 0) is 55.3 Å². The molecule has 1 aliphatic rings. The molecule has 0 radical (unpaired) electrons. The molecule has 0 amide bonds. The number of rotatable bonds is 6. The fourth-order valence-electron chi connectivity index (χ4n) is 4.59. The average Bonchev–Trinajstić information content (AvgIpc) is 3.21. The van der Waals surface area contributed by atoms with Crippen molar-refractivity contribution in [1.29, 1.82) is 0 Å². The first-order valence-corrected chi connectivity index (χ1v) is 10.8. The van der Waals surface area contributed by atoms with Gasteiger partial charge in [0.05, 0.1) is 27.2 Å². The molecule has 3 aromatic rings. The van der Waals surface area contributed by atoms with Crippen LogP contribution in [0.1, 0.15) is 48.4 Å². The predicted molar refractivity (Wildman–Crippen MR) is 121 cm³/mol. The molecular weight excluding hydrogens is 414 g/mol. The van der Waals surface area contributed by atoms with Crippen LogP contribution < -0.4 is 9.47 Å². The van der Waals surface area contributed by atoms with Gasteiger partial charge in [0.1, 0.15) is 0 Å². The highest BCUT2D eigenvalue weighted by atomic mass is 35.5. The molecule has 1 aliphatic heterocycles. The van der Waals surface area contributed by atoms with Crippen LogP contribution in [0.3, 0.4) is 0 Å². The molecule has 2 atom stereocenters. The normalized spacial score (nSPS) is 17.3. The molecule has 2 aromatic carbocycles. The summed E-state index contributed by atoms with van der Waals surface area (Å²) in [4.78, 5) is 12.5. The summed E-state index contributed by atoms with van der Waals surface area (Å²) in [6.07, 6.45) is 3.05. The Morgan fingerprint density at radius 2 is 1.94 bits per heavy atom. The van der Waals surface area contributed by atoms with Gasteiger partial charge in [-0.1, -0.05) is 23.7 Å². The Hall–Kier alpha value is -2.92. The lowest BCUT2D eigenvalue weighted by atomic mass is 9.81. The van der Waals surface area contributed by atoms with Crippen molar-refractivity contribution in [2.75, 3.05) is 20.8 Å². The number of halogens is 1. The number of para-hydroxylation sites is 1. The molecule has 2 heterocycles. The molecule has 0 N–H and O–H groups in total. The van der Waals surface area contributed by atoms with Gasteiger partial charge in [-0.15, -0.1) is 0 Å². The zero-order valence-corrected chi connectivity index (χ0v) is 18.7. The van der Waals surface area contributed by atoms with Crippen molar-refractivity contribution in [3.05, 3.63) is 76.6 Å². The summed E-state index contributed by atoms with van der Waals surface area (Å²) < 4.78 is 18.8. The monoisotopic (exact) mass is 439 g/mol. The number of carbonyl (C=O) groups is 1. The minimum atomic E-state index is -0.194. The van der Waals surface area contributed by atoms with Gasteiger partial charge < -0.3 is 18.8 Å². The molecule has 0 bridgehead atoms. The SMILES string of the molecule is CCOC(=O)CC1CC(c2cccc(OC)c2OC)c2cc(Cl)ccc2-n2cccc21. The molecular formula is C25H26ClNO4. The molecule has 0 aliphatic carbocycles. The van der Waals surface area contributed by atoms with E-state index in [2.05, 4.69) is 16.7 Å². The van der Waals surface area contributed by atoms with Crippen LogP contribution >= 0.6 is 11.6 Å². The van der Waals surface area contributed by atoms with Crippen molar-refractivity contribution < 1.29 is 19.0 Å². The molecule has 6 heteroatoms. The fourth-order valence-corrected chi connectivity index (χ4v) is 4.77. The van der Waals surface area contributed by atoms with Crippen LogP contribution in [0.5, 0.6) is 11.5 Å². The maximum atomic E-state index is 12.5. The van der Waals surface area contributed by atoms with Gasteiger partial charge in [-0.3, -0.25) is 4.79 Å². The van der Waals surface area contributed by atoms with E-state index in [9.17, 15) is 4.79 Å². The molecule has 5 nitrogen and oxygen atoms in total. The zero-order chi connectivity index (χ0) is 22.0. The predicted octanol–water partition coefficient (Wildman–Crippen LogP) is 5.72. The Bertz CT molecular complexity index is 1090. The van der Waals surface area contributed by atoms with Gasteiger partial charge in [0.2, 0.25) is 0 Å². The Balaban J connectivity index is 1.90. The lowest BCUT2D eigenvalue weighted by Gasteiger charge is -2.24. The molecule has 0 saturated heterocycles. The summed E-state index contributed by atoms with van der Waals surface area (Å²) in [6, 6.07) is 15.9. The average molecular weight is 440 g/mol. The highest BCUT2D eigenvalue weighted by Gasteiger charge is 2.33. The number of benzene rings is 2.